The molecule has 1 aromatic heterocycles. The number of nitrogens with one attached hydrogen (secondary N) is 3. The first-order chi connectivity index (χ1) is 9.39. The van der Waals surface area contributed by atoms with E-state index >= 15 is 0 Å². The predicted octanol–water partition coefficient (Wildman–Crippen LogP) is 0.885. The smallest absolute Gasteiger partial charge is 0.315 e. The van der Waals surface area contributed by atoms with Crippen LogP contribution in [0.25, 0.3) is 0 Å². The number of hydrogen-bond donors (Lipinski definition) is 4. The lowest BCUT2D eigenvalue weighted by Crippen LogP contribution is -2.37. The van der Waals surface area contributed by atoms with Crippen LogP contribution >= 0.6 is 0 Å². The highest BCUT2D eigenvalue weighted by atomic mass is 16.4. The molecular weight excluding hydrogens is 262 g/mol. The average molecular weight is 283 g/mol. The van der Waals surface area contributed by atoms with E-state index in [0.29, 0.717) is 18.8 Å². The van der Waals surface area contributed by atoms with Crippen LogP contribution in [0, 0.1) is 5.41 Å². The van der Waals surface area contributed by atoms with Gasteiger partial charge in [-0.2, -0.15) is 5.10 Å². The number of amides is 2. The molecule has 1 heterocycles. The van der Waals surface area contributed by atoms with Gasteiger partial charge in [0.2, 0.25) is 0 Å². The molecule has 0 saturated heterocycles. The number of carbonyl (C=O) groups is 2. The maximum Gasteiger partial charge on any atom is 0.315 e. The number of carboxylic acid groups (broad SMARTS) is 1. The van der Waals surface area contributed by atoms with Crippen molar-refractivity contribution in [2.45, 2.75) is 39.7 Å². The number of carbonyl (C=O) groups excluding carboxylic acids is 1. The summed E-state index contributed by atoms with van der Waals surface area (Å²) in [6.07, 6.45) is 2.82. The van der Waals surface area contributed by atoms with Crippen molar-refractivity contribution < 1.29 is 14.7 Å². The van der Waals surface area contributed by atoms with Gasteiger partial charge in [0.15, 0.2) is 0 Å². The summed E-state index contributed by atoms with van der Waals surface area (Å²) in [7, 11) is 0. The molecule has 0 bridgehead atoms. The van der Waals surface area contributed by atoms with Crippen molar-refractivity contribution in [3.8, 4) is 0 Å². The minimum absolute atomic E-state index is 0.114. The van der Waals surface area contributed by atoms with Crippen LogP contribution in [0.15, 0.2) is 6.33 Å². The van der Waals surface area contributed by atoms with Gasteiger partial charge >= 0.3 is 12.0 Å². The van der Waals surface area contributed by atoms with E-state index in [-0.39, 0.29) is 24.4 Å². The Balaban J connectivity index is 2.15. The van der Waals surface area contributed by atoms with E-state index in [1.807, 2.05) is 13.8 Å². The number of aromatic nitrogens is 3. The van der Waals surface area contributed by atoms with Crippen LogP contribution in [0.4, 0.5) is 4.79 Å². The third-order valence-electron chi connectivity index (χ3n) is 2.98. The molecule has 2 amide bonds. The highest BCUT2D eigenvalue weighted by molar-refractivity contribution is 5.73. The summed E-state index contributed by atoms with van der Waals surface area (Å²) in [6, 6.07) is -0.282. The molecule has 0 atom stereocenters. The fourth-order valence-electron chi connectivity index (χ4n) is 1.63. The van der Waals surface area contributed by atoms with Gasteiger partial charge in [-0.25, -0.2) is 9.78 Å². The van der Waals surface area contributed by atoms with E-state index in [2.05, 4.69) is 25.8 Å². The van der Waals surface area contributed by atoms with Crippen molar-refractivity contribution in [1.29, 1.82) is 0 Å². The van der Waals surface area contributed by atoms with Crippen molar-refractivity contribution >= 4 is 12.0 Å². The number of hydrogen-bond acceptors (Lipinski definition) is 4. The van der Waals surface area contributed by atoms with Crippen LogP contribution in [0.3, 0.4) is 0 Å². The summed E-state index contributed by atoms with van der Waals surface area (Å²) in [4.78, 5) is 25.9. The number of urea groups is 1. The molecule has 20 heavy (non-hydrogen) atoms. The van der Waals surface area contributed by atoms with Crippen LogP contribution in [0.1, 0.15) is 38.9 Å². The summed E-state index contributed by atoms with van der Waals surface area (Å²) in [5.74, 6) is -0.210. The minimum atomic E-state index is -0.796. The van der Waals surface area contributed by atoms with Gasteiger partial charge in [0.25, 0.3) is 0 Å². The lowest BCUT2D eigenvalue weighted by atomic mass is 9.84. The third kappa shape index (κ3) is 6.72. The first-order valence-electron chi connectivity index (χ1n) is 6.47. The quantitative estimate of drug-likeness (QED) is 0.564. The summed E-state index contributed by atoms with van der Waals surface area (Å²) in [6.45, 7) is 4.76. The second-order valence-electron chi connectivity index (χ2n) is 5.35. The summed E-state index contributed by atoms with van der Waals surface area (Å²) < 4.78 is 0. The van der Waals surface area contributed by atoms with Gasteiger partial charge in [-0.3, -0.25) is 9.89 Å². The molecule has 0 aromatic carbocycles. The van der Waals surface area contributed by atoms with Crippen LogP contribution in [-0.2, 0) is 11.3 Å². The fraction of sp³-hybridized carbons (Fsp3) is 0.667. The standard InChI is InChI=1S/C12H21N5O3/c1-12(2,4-3-10(18)19)5-6-13-11(20)14-7-9-15-8-16-17-9/h8H,3-7H2,1-2H3,(H,18,19)(H2,13,14,20)(H,15,16,17). The van der Waals surface area contributed by atoms with E-state index in [1.54, 1.807) is 0 Å². The Hall–Kier alpha value is -2.12. The zero-order chi connectivity index (χ0) is 15.0. The second-order valence-corrected chi connectivity index (χ2v) is 5.35. The van der Waals surface area contributed by atoms with Crippen molar-refractivity contribution in [2.24, 2.45) is 5.41 Å². The second kappa shape index (κ2) is 7.46. The molecule has 0 aliphatic carbocycles. The maximum atomic E-state index is 11.5. The van der Waals surface area contributed by atoms with Gasteiger partial charge in [0.05, 0.1) is 6.54 Å². The van der Waals surface area contributed by atoms with Crippen LogP contribution < -0.4 is 10.6 Å². The zero-order valence-electron chi connectivity index (χ0n) is 11.8. The number of H-pyrrole nitrogens is 1. The first kappa shape index (κ1) is 15.9. The molecule has 1 rings (SSSR count). The summed E-state index contributed by atoms with van der Waals surface area (Å²) in [5, 5.41) is 20.3. The Morgan fingerprint density at radius 3 is 2.70 bits per heavy atom. The maximum absolute atomic E-state index is 11.5. The Morgan fingerprint density at radius 1 is 1.35 bits per heavy atom. The Morgan fingerprint density at radius 2 is 2.10 bits per heavy atom. The lowest BCUT2D eigenvalue weighted by Gasteiger charge is -2.23. The van der Waals surface area contributed by atoms with Crippen LogP contribution in [-0.4, -0.2) is 38.8 Å². The van der Waals surface area contributed by atoms with Crippen LogP contribution in [0.2, 0.25) is 0 Å². The van der Waals surface area contributed by atoms with E-state index in [1.165, 1.54) is 6.33 Å². The van der Waals surface area contributed by atoms with Gasteiger partial charge in [0.1, 0.15) is 12.2 Å². The van der Waals surface area contributed by atoms with Gasteiger partial charge in [-0.1, -0.05) is 13.8 Å². The molecule has 0 unspecified atom stereocenters. The fourth-order valence-corrected chi connectivity index (χ4v) is 1.63. The number of rotatable bonds is 8. The van der Waals surface area contributed by atoms with Gasteiger partial charge in [0, 0.05) is 13.0 Å². The molecule has 0 saturated carbocycles. The Labute approximate surface area is 117 Å². The third-order valence-corrected chi connectivity index (χ3v) is 2.98. The highest BCUT2D eigenvalue weighted by Crippen LogP contribution is 2.25. The highest BCUT2D eigenvalue weighted by Gasteiger charge is 2.19. The minimum Gasteiger partial charge on any atom is -0.481 e. The molecule has 8 nitrogen and oxygen atoms in total. The summed E-state index contributed by atoms with van der Waals surface area (Å²) in [5.41, 5.74) is -0.114. The molecule has 8 heteroatoms. The largest absolute Gasteiger partial charge is 0.481 e. The van der Waals surface area contributed by atoms with E-state index in [9.17, 15) is 9.59 Å². The van der Waals surface area contributed by atoms with Crippen molar-refractivity contribution in [1.82, 2.24) is 25.8 Å². The zero-order valence-corrected chi connectivity index (χ0v) is 11.8. The Kier molecular flexibility index (Phi) is 5.95. The number of aliphatic carboxylic acids is 1. The van der Waals surface area contributed by atoms with Gasteiger partial charge in [-0.15, -0.1) is 0 Å². The van der Waals surface area contributed by atoms with Crippen molar-refractivity contribution in [3.63, 3.8) is 0 Å². The molecule has 0 fully saturated rings. The molecule has 0 aliphatic rings. The molecule has 0 aliphatic heterocycles. The predicted molar refractivity (Wildman–Crippen MR) is 71.9 cm³/mol. The number of aromatic amines is 1. The van der Waals surface area contributed by atoms with Crippen LogP contribution in [0.5, 0.6) is 0 Å². The van der Waals surface area contributed by atoms with Gasteiger partial charge < -0.3 is 15.7 Å². The molecule has 0 spiro atoms. The van der Waals surface area contributed by atoms with Crippen molar-refractivity contribution in [2.75, 3.05) is 6.54 Å². The topological polar surface area (TPSA) is 120 Å². The summed E-state index contributed by atoms with van der Waals surface area (Å²) >= 11 is 0. The molecule has 0 radical (unpaired) electrons. The first-order valence-corrected chi connectivity index (χ1v) is 6.47. The average Bonchev–Trinajstić information content (AvgIpc) is 2.87. The Bertz CT molecular complexity index is 430. The lowest BCUT2D eigenvalue weighted by molar-refractivity contribution is -0.137. The van der Waals surface area contributed by atoms with Crippen molar-refractivity contribution in [3.05, 3.63) is 12.2 Å². The molecule has 1 aromatic rings. The number of carboxylic acids is 1. The normalized spacial score (nSPS) is 11.1. The number of nitrogens with zero attached hydrogens (tertiary/aromatic N) is 2. The monoisotopic (exact) mass is 283 g/mol. The van der Waals surface area contributed by atoms with E-state index in [4.69, 9.17) is 5.11 Å². The van der Waals surface area contributed by atoms with E-state index in [0.717, 1.165) is 6.42 Å². The van der Waals surface area contributed by atoms with Gasteiger partial charge in [-0.05, 0) is 18.3 Å². The molecular formula is C12H21N5O3. The molecule has 112 valence electrons. The van der Waals surface area contributed by atoms with E-state index < -0.39 is 5.97 Å². The SMILES string of the molecule is CC(C)(CCNC(=O)NCc1ncn[nH]1)CCC(=O)O. The molecule has 4 N–H and O–H groups in total.